The molecule has 0 aromatic heterocycles. The zero-order valence-electron chi connectivity index (χ0n) is 9.74. The number of nitrogens with two attached hydrogens (primary N) is 2. The Balaban J connectivity index is 2.06. The molecule has 0 spiro atoms. The molecule has 88 valence electrons. The van der Waals surface area contributed by atoms with Crippen LogP contribution in [0.2, 0.25) is 0 Å². The second-order valence-corrected chi connectivity index (χ2v) is 4.79. The van der Waals surface area contributed by atoms with E-state index in [4.69, 9.17) is 11.5 Å². The molecular weight excluding hydrogens is 210 g/mol. The average Bonchev–Trinajstić information content (AvgIpc) is 2.81. The Morgan fingerprint density at radius 3 is 2.94 bits per heavy atom. The van der Waals surface area contributed by atoms with Crippen molar-refractivity contribution in [1.29, 1.82) is 0 Å². The van der Waals surface area contributed by atoms with Crippen LogP contribution in [0.15, 0.2) is 42.1 Å². The molecule has 1 aromatic carbocycles. The summed E-state index contributed by atoms with van der Waals surface area (Å²) in [7, 11) is 0. The van der Waals surface area contributed by atoms with Gasteiger partial charge in [0, 0.05) is 17.9 Å². The molecular formula is C14H17N3. The fourth-order valence-electron chi connectivity index (χ4n) is 2.65. The minimum absolute atomic E-state index is 0.403. The van der Waals surface area contributed by atoms with Crippen LogP contribution >= 0.6 is 0 Å². The van der Waals surface area contributed by atoms with Crippen molar-refractivity contribution >= 4 is 5.69 Å². The molecule has 3 heteroatoms. The summed E-state index contributed by atoms with van der Waals surface area (Å²) < 4.78 is 0. The van der Waals surface area contributed by atoms with E-state index in [2.05, 4.69) is 23.5 Å². The Morgan fingerprint density at radius 2 is 2.18 bits per heavy atom. The first kappa shape index (κ1) is 10.4. The summed E-state index contributed by atoms with van der Waals surface area (Å²) in [6.45, 7) is 1.00. The lowest BCUT2D eigenvalue weighted by Gasteiger charge is -2.30. The zero-order valence-corrected chi connectivity index (χ0v) is 9.74. The van der Waals surface area contributed by atoms with Crippen molar-refractivity contribution < 1.29 is 0 Å². The van der Waals surface area contributed by atoms with Gasteiger partial charge in [-0.15, -0.1) is 0 Å². The summed E-state index contributed by atoms with van der Waals surface area (Å²) >= 11 is 0. The van der Waals surface area contributed by atoms with Gasteiger partial charge in [0.05, 0.1) is 5.54 Å². The minimum Gasteiger partial charge on any atom is -0.399 e. The third-order valence-electron chi connectivity index (χ3n) is 3.62. The first-order valence-electron chi connectivity index (χ1n) is 5.99. The second-order valence-electron chi connectivity index (χ2n) is 4.79. The molecule has 5 N–H and O–H groups in total. The Hall–Kier alpha value is -1.74. The Bertz CT molecular complexity index is 516. The van der Waals surface area contributed by atoms with E-state index >= 15 is 0 Å². The van der Waals surface area contributed by atoms with Crippen molar-refractivity contribution in [2.75, 3.05) is 11.9 Å². The summed E-state index contributed by atoms with van der Waals surface area (Å²) in [5.74, 6) is 0. The molecule has 1 aliphatic carbocycles. The smallest absolute Gasteiger partial charge is 0.0638 e. The van der Waals surface area contributed by atoms with Crippen molar-refractivity contribution in [3.63, 3.8) is 0 Å². The van der Waals surface area contributed by atoms with Gasteiger partial charge in [0.25, 0.3) is 0 Å². The van der Waals surface area contributed by atoms with Gasteiger partial charge in [0.1, 0.15) is 0 Å². The lowest BCUT2D eigenvalue weighted by molar-refractivity contribution is 0.557. The van der Waals surface area contributed by atoms with Gasteiger partial charge in [-0.25, -0.2) is 0 Å². The van der Waals surface area contributed by atoms with E-state index < -0.39 is 5.54 Å². The molecule has 3 rings (SSSR count). The predicted molar refractivity (Wildman–Crippen MR) is 70.5 cm³/mol. The van der Waals surface area contributed by atoms with Crippen LogP contribution in [0.3, 0.4) is 0 Å². The van der Waals surface area contributed by atoms with Crippen LogP contribution in [0.5, 0.6) is 0 Å². The van der Waals surface area contributed by atoms with E-state index in [1.165, 1.54) is 16.8 Å². The standard InChI is InChI=1S/C14H17N3/c15-10-4-7-14(16,8-5-10)12-2-1-3-13-11(12)6-9-17-13/h1-5,7,17H,6,8-9,15-16H2. The first-order valence-corrected chi connectivity index (χ1v) is 5.99. The first-order chi connectivity index (χ1) is 8.19. The number of hydrogen-bond acceptors (Lipinski definition) is 3. The average molecular weight is 227 g/mol. The normalized spacial score (nSPS) is 26.3. The van der Waals surface area contributed by atoms with Gasteiger partial charge in [-0.05, 0) is 36.1 Å². The van der Waals surface area contributed by atoms with Crippen molar-refractivity contribution in [3.8, 4) is 0 Å². The van der Waals surface area contributed by atoms with Crippen LogP contribution in [0.4, 0.5) is 5.69 Å². The highest BCUT2D eigenvalue weighted by Gasteiger charge is 2.29. The van der Waals surface area contributed by atoms with Gasteiger partial charge in [-0.1, -0.05) is 24.3 Å². The molecule has 0 fully saturated rings. The third kappa shape index (κ3) is 1.63. The minimum atomic E-state index is -0.403. The topological polar surface area (TPSA) is 64.1 Å². The predicted octanol–water partition coefficient (Wildman–Crippen LogP) is 1.61. The number of anilines is 1. The van der Waals surface area contributed by atoms with Crippen LogP contribution in [0.25, 0.3) is 0 Å². The molecule has 1 heterocycles. The zero-order chi connectivity index (χ0) is 11.9. The highest BCUT2D eigenvalue weighted by Crippen LogP contribution is 2.35. The lowest BCUT2D eigenvalue weighted by Crippen LogP contribution is -2.36. The van der Waals surface area contributed by atoms with Gasteiger partial charge in [-0.2, -0.15) is 0 Å². The largest absolute Gasteiger partial charge is 0.399 e. The van der Waals surface area contributed by atoms with E-state index in [1.807, 2.05) is 18.2 Å². The monoisotopic (exact) mass is 227 g/mol. The van der Waals surface area contributed by atoms with Crippen molar-refractivity contribution in [2.45, 2.75) is 18.4 Å². The van der Waals surface area contributed by atoms with Gasteiger partial charge in [0.15, 0.2) is 0 Å². The Morgan fingerprint density at radius 1 is 1.29 bits per heavy atom. The lowest BCUT2D eigenvalue weighted by atomic mass is 9.81. The fraction of sp³-hybridized carbons (Fsp3) is 0.286. The van der Waals surface area contributed by atoms with E-state index in [0.29, 0.717) is 0 Å². The summed E-state index contributed by atoms with van der Waals surface area (Å²) in [5.41, 5.74) is 16.5. The number of allylic oxidation sites excluding steroid dienone is 1. The van der Waals surface area contributed by atoms with Gasteiger partial charge in [0.2, 0.25) is 0 Å². The molecule has 1 unspecified atom stereocenters. The fourth-order valence-corrected chi connectivity index (χ4v) is 2.65. The number of hydrogen-bond donors (Lipinski definition) is 3. The van der Waals surface area contributed by atoms with Crippen molar-refractivity contribution in [3.05, 3.63) is 53.3 Å². The maximum absolute atomic E-state index is 6.50. The summed E-state index contributed by atoms with van der Waals surface area (Å²) in [6.07, 6.45) is 7.76. The number of nitrogens with one attached hydrogen (secondary N) is 1. The van der Waals surface area contributed by atoms with E-state index in [9.17, 15) is 0 Å². The van der Waals surface area contributed by atoms with Gasteiger partial charge >= 0.3 is 0 Å². The molecule has 1 aromatic rings. The maximum Gasteiger partial charge on any atom is 0.0638 e. The third-order valence-corrected chi connectivity index (χ3v) is 3.62. The van der Waals surface area contributed by atoms with Crippen LogP contribution in [0.1, 0.15) is 17.5 Å². The molecule has 0 radical (unpaired) electrons. The van der Waals surface area contributed by atoms with Crippen molar-refractivity contribution in [2.24, 2.45) is 11.5 Å². The van der Waals surface area contributed by atoms with Gasteiger partial charge in [-0.3, -0.25) is 0 Å². The van der Waals surface area contributed by atoms with E-state index in [0.717, 1.165) is 25.1 Å². The SMILES string of the molecule is NC1=CCC(N)(c2cccc3c2CCN3)C=C1. The molecule has 0 bridgehead atoms. The Labute approximate surface area is 101 Å². The maximum atomic E-state index is 6.50. The van der Waals surface area contributed by atoms with Crippen LogP contribution in [-0.2, 0) is 12.0 Å². The summed E-state index contributed by atoms with van der Waals surface area (Å²) in [5, 5.41) is 3.39. The molecule has 3 nitrogen and oxygen atoms in total. The number of fused-ring (bicyclic) bond motifs is 1. The summed E-state index contributed by atoms with van der Waals surface area (Å²) in [4.78, 5) is 0. The second kappa shape index (κ2) is 3.64. The van der Waals surface area contributed by atoms with E-state index in [1.54, 1.807) is 0 Å². The molecule has 1 aliphatic heterocycles. The number of benzene rings is 1. The highest BCUT2D eigenvalue weighted by atomic mass is 14.9. The molecule has 1 atom stereocenters. The molecule has 0 amide bonds. The number of rotatable bonds is 1. The summed E-state index contributed by atoms with van der Waals surface area (Å²) in [6, 6.07) is 6.31. The quantitative estimate of drug-likeness (QED) is 0.683. The van der Waals surface area contributed by atoms with Crippen LogP contribution in [-0.4, -0.2) is 6.54 Å². The Kier molecular flexibility index (Phi) is 2.23. The van der Waals surface area contributed by atoms with Crippen LogP contribution in [0, 0.1) is 0 Å². The van der Waals surface area contributed by atoms with Gasteiger partial charge < -0.3 is 16.8 Å². The van der Waals surface area contributed by atoms with E-state index in [-0.39, 0.29) is 0 Å². The van der Waals surface area contributed by atoms with Crippen molar-refractivity contribution in [1.82, 2.24) is 0 Å². The molecule has 17 heavy (non-hydrogen) atoms. The van der Waals surface area contributed by atoms with Crippen LogP contribution < -0.4 is 16.8 Å². The molecule has 0 saturated heterocycles. The molecule has 2 aliphatic rings. The molecule has 0 saturated carbocycles. The highest BCUT2D eigenvalue weighted by molar-refractivity contribution is 5.61.